The summed E-state index contributed by atoms with van der Waals surface area (Å²) in [6, 6.07) is 2.63. The van der Waals surface area contributed by atoms with Crippen molar-refractivity contribution < 1.29 is 13.9 Å². The topological polar surface area (TPSA) is 76.9 Å². The predicted octanol–water partition coefficient (Wildman–Crippen LogP) is 0.676. The average molecular weight is 200 g/mol. The summed E-state index contributed by atoms with van der Waals surface area (Å²) < 4.78 is 24.6. The van der Waals surface area contributed by atoms with Gasteiger partial charge in [-0.1, -0.05) is 0 Å². The first-order valence-electron chi connectivity index (χ1n) is 3.65. The van der Waals surface area contributed by atoms with Gasteiger partial charge in [0, 0.05) is 0 Å². The normalized spacial score (nSPS) is 10.2. The highest BCUT2D eigenvalue weighted by atomic mass is 19.3. The van der Waals surface area contributed by atoms with Crippen molar-refractivity contribution in [2.45, 2.75) is 13.0 Å². The summed E-state index contributed by atoms with van der Waals surface area (Å²) in [6.45, 7) is -0.696. The van der Waals surface area contributed by atoms with E-state index in [1.807, 2.05) is 4.98 Å². The molecule has 0 radical (unpaired) electrons. The van der Waals surface area contributed by atoms with E-state index in [0.717, 1.165) is 6.07 Å². The monoisotopic (exact) mass is 200 g/mol. The number of rotatable bonds is 2. The molecule has 2 N–H and O–H groups in total. The lowest BCUT2D eigenvalue weighted by Gasteiger charge is -2.04. The highest BCUT2D eigenvalue weighted by Crippen LogP contribution is 2.19. The molecule has 4 nitrogen and oxygen atoms in total. The fourth-order valence-electron chi connectivity index (χ4n) is 1.05. The van der Waals surface area contributed by atoms with E-state index in [2.05, 4.69) is 0 Å². The predicted molar refractivity (Wildman–Crippen MR) is 42.7 cm³/mol. The Kier molecular flexibility index (Phi) is 2.94. The van der Waals surface area contributed by atoms with Gasteiger partial charge in [-0.2, -0.15) is 5.26 Å². The van der Waals surface area contributed by atoms with Crippen LogP contribution < -0.4 is 5.56 Å². The lowest BCUT2D eigenvalue weighted by molar-refractivity contribution is 0.145. The molecule has 0 spiro atoms. The maximum Gasteiger partial charge on any atom is 0.269 e. The molecule has 0 aliphatic carbocycles. The summed E-state index contributed by atoms with van der Waals surface area (Å²) in [5.74, 6) is 0. The van der Waals surface area contributed by atoms with Crippen LogP contribution in [0.15, 0.2) is 10.9 Å². The van der Waals surface area contributed by atoms with Crippen molar-refractivity contribution in [1.82, 2.24) is 4.98 Å². The Labute approximate surface area is 77.4 Å². The van der Waals surface area contributed by atoms with Crippen LogP contribution in [0, 0.1) is 11.3 Å². The van der Waals surface area contributed by atoms with E-state index in [1.165, 1.54) is 0 Å². The highest BCUT2D eigenvalue weighted by molar-refractivity contribution is 5.32. The minimum Gasteiger partial charge on any atom is -0.392 e. The van der Waals surface area contributed by atoms with Gasteiger partial charge in [-0.15, -0.1) is 0 Å². The van der Waals surface area contributed by atoms with Crippen molar-refractivity contribution in [3.8, 4) is 6.07 Å². The molecule has 0 saturated heterocycles. The summed E-state index contributed by atoms with van der Waals surface area (Å²) >= 11 is 0. The van der Waals surface area contributed by atoms with Gasteiger partial charge >= 0.3 is 0 Å². The zero-order valence-corrected chi connectivity index (χ0v) is 6.92. The number of pyridine rings is 1. The first kappa shape index (κ1) is 10.3. The fraction of sp³-hybridized carbons (Fsp3) is 0.250. The summed E-state index contributed by atoms with van der Waals surface area (Å²) in [7, 11) is 0. The molecule has 0 aliphatic heterocycles. The number of aromatic amines is 1. The molecule has 0 aromatic carbocycles. The first-order valence-corrected chi connectivity index (χ1v) is 3.65. The van der Waals surface area contributed by atoms with Crippen molar-refractivity contribution in [2.24, 2.45) is 0 Å². The van der Waals surface area contributed by atoms with Crippen LogP contribution in [-0.2, 0) is 6.61 Å². The lowest BCUT2D eigenvalue weighted by Crippen LogP contribution is -2.17. The lowest BCUT2D eigenvalue weighted by atomic mass is 10.1. The minimum absolute atomic E-state index is 0.150. The molecule has 6 heteroatoms. The number of aliphatic hydroxyl groups is 1. The molecular weight excluding hydrogens is 194 g/mol. The quantitative estimate of drug-likeness (QED) is 0.736. The Bertz CT molecular complexity index is 434. The zero-order valence-electron chi connectivity index (χ0n) is 6.92. The number of nitrogens with zero attached hydrogens (tertiary/aromatic N) is 1. The van der Waals surface area contributed by atoms with E-state index in [4.69, 9.17) is 10.4 Å². The Morgan fingerprint density at radius 2 is 2.29 bits per heavy atom. The van der Waals surface area contributed by atoms with Gasteiger partial charge in [-0.3, -0.25) is 4.79 Å². The number of halogens is 2. The van der Waals surface area contributed by atoms with Crippen LogP contribution in [0.4, 0.5) is 8.78 Å². The van der Waals surface area contributed by atoms with Crippen LogP contribution in [0.2, 0.25) is 0 Å². The van der Waals surface area contributed by atoms with Crippen molar-refractivity contribution in [3.63, 3.8) is 0 Å². The van der Waals surface area contributed by atoms with Gasteiger partial charge in [0.05, 0.1) is 12.2 Å². The highest BCUT2D eigenvalue weighted by Gasteiger charge is 2.17. The Hall–Kier alpha value is -1.74. The third kappa shape index (κ3) is 1.78. The maximum absolute atomic E-state index is 12.3. The van der Waals surface area contributed by atoms with Gasteiger partial charge in [-0.25, -0.2) is 8.78 Å². The van der Waals surface area contributed by atoms with E-state index in [-0.39, 0.29) is 11.3 Å². The van der Waals surface area contributed by atoms with Crippen molar-refractivity contribution in [3.05, 3.63) is 33.2 Å². The summed E-state index contributed by atoms with van der Waals surface area (Å²) in [4.78, 5) is 13.0. The molecule has 0 fully saturated rings. The van der Waals surface area contributed by atoms with Gasteiger partial charge in [0.15, 0.2) is 0 Å². The second-order valence-electron chi connectivity index (χ2n) is 2.52. The number of aliphatic hydroxyl groups excluding tert-OH is 1. The standard InChI is InChI=1S/C8H6F2N2O2/c9-7(10)6-4(3-13)1-5(2-11)12-8(6)14/h1,7,13H,3H2,(H,12,14). The third-order valence-electron chi connectivity index (χ3n) is 1.67. The summed E-state index contributed by atoms with van der Waals surface area (Å²) in [5, 5.41) is 17.1. The summed E-state index contributed by atoms with van der Waals surface area (Å²) in [6.07, 6.45) is -2.96. The Morgan fingerprint density at radius 1 is 1.64 bits per heavy atom. The van der Waals surface area contributed by atoms with Gasteiger partial charge in [0.2, 0.25) is 0 Å². The second kappa shape index (κ2) is 3.98. The van der Waals surface area contributed by atoms with Crippen LogP contribution in [0.3, 0.4) is 0 Å². The van der Waals surface area contributed by atoms with Crippen molar-refractivity contribution in [2.75, 3.05) is 0 Å². The van der Waals surface area contributed by atoms with Crippen molar-refractivity contribution >= 4 is 0 Å². The number of hydrogen-bond donors (Lipinski definition) is 2. The molecule has 74 valence electrons. The molecule has 1 heterocycles. The maximum atomic E-state index is 12.3. The summed E-state index contributed by atoms with van der Waals surface area (Å²) in [5.41, 5.74) is -2.20. The number of aromatic nitrogens is 1. The molecule has 14 heavy (non-hydrogen) atoms. The molecule has 0 aliphatic rings. The van der Waals surface area contributed by atoms with E-state index in [1.54, 1.807) is 6.07 Å². The van der Waals surface area contributed by atoms with Crippen LogP contribution in [-0.4, -0.2) is 10.1 Å². The zero-order chi connectivity index (χ0) is 10.7. The molecular formula is C8H6F2N2O2. The molecule has 0 atom stereocenters. The molecule has 0 bridgehead atoms. The van der Waals surface area contributed by atoms with E-state index in [0.29, 0.717) is 0 Å². The largest absolute Gasteiger partial charge is 0.392 e. The molecule has 0 amide bonds. The molecule has 1 rings (SSSR count). The van der Waals surface area contributed by atoms with E-state index < -0.39 is 24.2 Å². The Balaban J connectivity index is 3.45. The molecule has 1 aromatic heterocycles. The van der Waals surface area contributed by atoms with Crippen LogP contribution >= 0.6 is 0 Å². The number of hydrogen-bond acceptors (Lipinski definition) is 3. The van der Waals surface area contributed by atoms with Crippen molar-refractivity contribution in [1.29, 1.82) is 5.26 Å². The van der Waals surface area contributed by atoms with Gasteiger partial charge in [0.1, 0.15) is 11.8 Å². The average Bonchev–Trinajstić information content (AvgIpc) is 2.15. The van der Waals surface area contributed by atoms with Gasteiger partial charge < -0.3 is 10.1 Å². The first-order chi connectivity index (χ1) is 6.60. The van der Waals surface area contributed by atoms with E-state index >= 15 is 0 Å². The van der Waals surface area contributed by atoms with Crippen LogP contribution in [0.5, 0.6) is 0 Å². The molecule has 0 saturated carbocycles. The number of nitriles is 1. The molecule has 1 aromatic rings. The second-order valence-corrected chi connectivity index (χ2v) is 2.52. The van der Waals surface area contributed by atoms with Crippen LogP contribution in [0.1, 0.15) is 23.2 Å². The SMILES string of the molecule is N#Cc1cc(CO)c(C(F)F)c(=O)[nH]1. The Morgan fingerprint density at radius 3 is 2.71 bits per heavy atom. The minimum atomic E-state index is -2.96. The van der Waals surface area contributed by atoms with Gasteiger partial charge in [0.25, 0.3) is 12.0 Å². The third-order valence-corrected chi connectivity index (χ3v) is 1.67. The van der Waals surface area contributed by atoms with Crippen LogP contribution in [0.25, 0.3) is 0 Å². The van der Waals surface area contributed by atoms with Gasteiger partial charge in [-0.05, 0) is 11.6 Å². The smallest absolute Gasteiger partial charge is 0.269 e. The number of H-pyrrole nitrogens is 1. The number of nitrogens with one attached hydrogen (secondary N) is 1. The fourth-order valence-corrected chi connectivity index (χ4v) is 1.05. The number of alkyl halides is 2. The van der Waals surface area contributed by atoms with E-state index in [9.17, 15) is 13.6 Å². The molecule has 0 unspecified atom stereocenters.